The van der Waals surface area contributed by atoms with Crippen molar-refractivity contribution in [1.82, 2.24) is 0 Å². The van der Waals surface area contributed by atoms with Gasteiger partial charge in [0.15, 0.2) is 0 Å². The molecule has 1 N–H and O–H groups in total. The van der Waals surface area contributed by atoms with Crippen LogP contribution in [0.1, 0.15) is 29.2 Å². The summed E-state index contributed by atoms with van der Waals surface area (Å²) in [5.41, 5.74) is 2.74. The van der Waals surface area contributed by atoms with Crippen LogP contribution in [-0.4, -0.2) is 5.11 Å². The first-order valence-electron chi connectivity index (χ1n) is 6.08. The van der Waals surface area contributed by atoms with Crippen molar-refractivity contribution < 1.29 is 5.11 Å². The molecule has 2 rings (SSSR count). The Bertz CT molecular complexity index is 620. The molecule has 19 heavy (non-hydrogen) atoms. The van der Waals surface area contributed by atoms with Gasteiger partial charge in [-0.2, -0.15) is 0 Å². The van der Waals surface area contributed by atoms with E-state index in [0.29, 0.717) is 10.6 Å². The highest BCUT2D eigenvalue weighted by Gasteiger charge is 2.29. The second-order valence-corrected chi connectivity index (χ2v) is 6.27. The molecule has 3 heteroatoms. The Balaban J connectivity index is 2.61. The first-order chi connectivity index (χ1) is 8.84. The van der Waals surface area contributed by atoms with E-state index in [1.807, 2.05) is 44.2 Å². The molecule has 2 aromatic rings. The molecule has 0 bridgehead atoms. The average molecular weight is 340 g/mol. The van der Waals surface area contributed by atoms with E-state index in [1.165, 1.54) is 0 Å². The number of hydrogen-bond acceptors (Lipinski definition) is 1. The van der Waals surface area contributed by atoms with Gasteiger partial charge in [-0.3, -0.25) is 0 Å². The van der Waals surface area contributed by atoms with Gasteiger partial charge in [-0.15, -0.1) is 0 Å². The predicted molar refractivity (Wildman–Crippen MR) is 83.7 cm³/mol. The van der Waals surface area contributed by atoms with E-state index in [9.17, 15) is 5.11 Å². The molecule has 100 valence electrons. The van der Waals surface area contributed by atoms with Crippen LogP contribution in [0.4, 0.5) is 0 Å². The fourth-order valence-corrected chi connectivity index (χ4v) is 3.17. The van der Waals surface area contributed by atoms with Crippen molar-refractivity contribution in [3.63, 3.8) is 0 Å². The molecule has 0 fully saturated rings. The zero-order valence-corrected chi connectivity index (χ0v) is 13.5. The Morgan fingerprint density at radius 3 is 2.42 bits per heavy atom. The Kier molecular flexibility index (Phi) is 4.05. The van der Waals surface area contributed by atoms with E-state index in [-0.39, 0.29) is 0 Å². The van der Waals surface area contributed by atoms with Crippen molar-refractivity contribution in [2.45, 2.75) is 26.4 Å². The average Bonchev–Trinajstić information content (AvgIpc) is 2.31. The number of rotatable bonds is 2. The monoisotopic (exact) mass is 338 g/mol. The van der Waals surface area contributed by atoms with Crippen LogP contribution < -0.4 is 0 Å². The maximum Gasteiger partial charge on any atom is 0.113 e. The van der Waals surface area contributed by atoms with Gasteiger partial charge >= 0.3 is 0 Å². The molecule has 0 spiro atoms. The van der Waals surface area contributed by atoms with Gasteiger partial charge in [-0.05, 0) is 49.6 Å². The van der Waals surface area contributed by atoms with Crippen LogP contribution in [0.2, 0.25) is 5.02 Å². The quantitative estimate of drug-likeness (QED) is 0.818. The Labute approximate surface area is 127 Å². The summed E-state index contributed by atoms with van der Waals surface area (Å²) in [5.74, 6) is 0. The smallest absolute Gasteiger partial charge is 0.113 e. The van der Waals surface area contributed by atoms with Gasteiger partial charge < -0.3 is 5.11 Å². The Morgan fingerprint density at radius 1 is 1.11 bits per heavy atom. The highest BCUT2D eigenvalue weighted by atomic mass is 79.9. The zero-order chi connectivity index (χ0) is 14.2. The van der Waals surface area contributed by atoms with Crippen LogP contribution in [0.15, 0.2) is 40.9 Å². The lowest BCUT2D eigenvalue weighted by atomic mass is 9.84. The maximum atomic E-state index is 10.9. The largest absolute Gasteiger partial charge is 0.381 e. The van der Waals surface area contributed by atoms with E-state index < -0.39 is 5.60 Å². The van der Waals surface area contributed by atoms with Crippen molar-refractivity contribution in [1.29, 1.82) is 0 Å². The fourth-order valence-electron chi connectivity index (χ4n) is 2.31. The molecule has 1 atom stereocenters. The van der Waals surface area contributed by atoms with Crippen LogP contribution >= 0.6 is 27.5 Å². The standard InChI is InChI=1S/C16H16BrClO/c1-10-5-4-6-13(11(10)2)16(3,19)14-8-7-12(17)9-15(14)18/h4-9,19H,1-3H3. The van der Waals surface area contributed by atoms with Gasteiger partial charge in [0.1, 0.15) is 5.60 Å². The molecule has 1 nitrogen and oxygen atoms in total. The molecule has 0 aliphatic rings. The summed E-state index contributed by atoms with van der Waals surface area (Å²) in [6.45, 7) is 5.84. The number of aliphatic hydroxyl groups is 1. The van der Waals surface area contributed by atoms with Crippen LogP contribution in [0.25, 0.3) is 0 Å². The second kappa shape index (κ2) is 5.28. The first-order valence-corrected chi connectivity index (χ1v) is 7.25. The third-order valence-corrected chi connectivity index (χ3v) is 4.39. The van der Waals surface area contributed by atoms with Gasteiger partial charge in [-0.1, -0.05) is 51.8 Å². The van der Waals surface area contributed by atoms with E-state index in [2.05, 4.69) is 15.9 Å². The van der Waals surface area contributed by atoms with Gasteiger partial charge in [-0.25, -0.2) is 0 Å². The van der Waals surface area contributed by atoms with Gasteiger partial charge in [0.25, 0.3) is 0 Å². The van der Waals surface area contributed by atoms with Gasteiger partial charge in [0.05, 0.1) is 0 Å². The summed E-state index contributed by atoms with van der Waals surface area (Å²) in [6.07, 6.45) is 0. The van der Waals surface area contributed by atoms with Crippen molar-refractivity contribution in [2.75, 3.05) is 0 Å². The highest BCUT2D eigenvalue weighted by molar-refractivity contribution is 9.10. The molecule has 0 saturated heterocycles. The lowest BCUT2D eigenvalue weighted by molar-refractivity contribution is 0.102. The van der Waals surface area contributed by atoms with Crippen molar-refractivity contribution in [3.05, 3.63) is 68.1 Å². The molecule has 0 aliphatic carbocycles. The summed E-state index contributed by atoms with van der Waals surface area (Å²) in [6, 6.07) is 11.5. The van der Waals surface area contributed by atoms with Gasteiger partial charge in [0.2, 0.25) is 0 Å². The molecule has 1 unspecified atom stereocenters. The molecule has 0 amide bonds. The van der Waals surface area contributed by atoms with Crippen molar-refractivity contribution in [3.8, 4) is 0 Å². The zero-order valence-electron chi connectivity index (χ0n) is 11.2. The van der Waals surface area contributed by atoms with E-state index in [0.717, 1.165) is 21.2 Å². The number of hydrogen-bond donors (Lipinski definition) is 1. The van der Waals surface area contributed by atoms with E-state index in [1.54, 1.807) is 13.0 Å². The summed E-state index contributed by atoms with van der Waals surface area (Å²) in [4.78, 5) is 0. The first kappa shape index (κ1) is 14.6. The summed E-state index contributed by atoms with van der Waals surface area (Å²) in [5, 5.41) is 11.5. The third kappa shape index (κ3) is 2.71. The van der Waals surface area contributed by atoms with Crippen molar-refractivity contribution >= 4 is 27.5 Å². The van der Waals surface area contributed by atoms with E-state index >= 15 is 0 Å². The third-order valence-electron chi connectivity index (χ3n) is 3.58. The minimum Gasteiger partial charge on any atom is -0.381 e. The second-order valence-electron chi connectivity index (χ2n) is 4.94. The summed E-state index contributed by atoms with van der Waals surface area (Å²) >= 11 is 9.65. The predicted octanol–water partition coefficient (Wildman–Crippen LogP) is 4.98. The Hall–Kier alpha value is -0.830. The number of halogens is 2. The lowest BCUT2D eigenvalue weighted by Crippen LogP contribution is -2.24. The summed E-state index contributed by atoms with van der Waals surface area (Å²) in [7, 11) is 0. The fraction of sp³-hybridized carbons (Fsp3) is 0.250. The van der Waals surface area contributed by atoms with Crippen LogP contribution in [0, 0.1) is 13.8 Å². The maximum absolute atomic E-state index is 10.9. The molecule has 0 aliphatic heterocycles. The number of aryl methyl sites for hydroxylation is 1. The minimum absolute atomic E-state index is 0.556. The van der Waals surface area contributed by atoms with Crippen LogP contribution in [-0.2, 0) is 5.60 Å². The highest BCUT2D eigenvalue weighted by Crippen LogP contribution is 2.37. The molecule has 2 aromatic carbocycles. The molecule has 0 heterocycles. The SMILES string of the molecule is Cc1cccc(C(C)(O)c2ccc(Br)cc2Cl)c1C. The Morgan fingerprint density at radius 2 is 1.79 bits per heavy atom. The molecule has 0 radical (unpaired) electrons. The van der Waals surface area contributed by atoms with Crippen LogP contribution in [0.3, 0.4) is 0 Å². The minimum atomic E-state index is -1.10. The molecular formula is C16H16BrClO. The van der Waals surface area contributed by atoms with Gasteiger partial charge in [0, 0.05) is 15.1 Å². The molecule has 0 aromatic heterocycles. The molecule has 0 saturated carbocycles. The summed E-state index contributed by atoms with van der Waals surface area (Å²) < 4.78 is 0.901. The topological polar surface area (TPSA) is 20.2 Å². The van der Waals surface area contributed by atoms with Crippen LogP contribution in [0.5, 0.6) is 0 Å². The van der Waals surface area contributed by atoms with E-state index in [4.69, 9.17) is 11.6 Å². The molecular weight excluding hydrogens is 324 g/mol. The van der Waals surface area contributed by atoms with Crippen molar-refractivity contribution in [2.24, 2.45) is 0 Å². The lowest BCUT2D eigenvalue weighted by Gasteiger charge is -2.28. The number of benzene rings is 2. The normalized spacial score (nSPS) is 14.2.